The summed E-state index contributed by atoms with van der Waals surface area (Å²) in [6.45, 7) is 4.30. The molecule has 0 aromatic heterocycles. The van der Waals surface area contributed by atoms with Gasteiger partial charge in [0.25, 0.3) is 0 Å². The SMILES string of the molecule is CCC(C)NC1CCCC(S(C)(=O)=O)C1. The van der Waals surface area contributed by atoms with Crippen molar-refractivity contribution in [1.29, 1.82) is 0 Å². The maximum Gasteiger partial charge on any atom is 0.150 e. The predicted molar refractivity (Wildman–Crippen MR) is 63.8 cm³/mol. The first-order chi connectivity index (χ1) is 6.93. The normalized spacial score (nSPS) is 30.1. The highest BCUT2D eigenvalue weighted by atomic mass is 32.2. The fourth-order valence-electron chi connectivity index (χ4n) is 2.21. The fraction of sp³-hybridized carbons (Fsp3) is 1.00. The van der Waals surface area contributed by atoms with Gasteiger partial charge in [0, 0.05) is 18.3 Å². The lowest BCUT2D eigenvalue weighted by molar-refractivity contribution is 0.340. The van der Waals surface area contributed by atoms with Crippen LogP contribution in [-0.4, -0.2) is 32.0 Å². The van der Waals surface area contributed by atoms with Crippen molar-refractivity contribution in [1.82, 2.24) is 5.32 Å². The maximum absolute atomic E-state index is 11.5. The third-order valence-electron chi connectivity index (χ3n) is 3.36. The molecule has 3 unspecified atom stereocenters. The van der Waals surface area contributed by atoms with E-state index in [1.165, 1.54) is 6.26 Å². The van der Waals surface area contributed by atoms with E-state index in [0.29, 0.717) is 12.1 Å². The van der Waals surface area contributed by atoms with Crippen LogP contribution in [0.15, 0.2) is 0 Å². The topological polar surface area (TPSA) is 46.2 Å². The van der Waals surface area contributed by atoms with Crippen molar-refractivity contribution in [2.24, 2.45) is 0 Å². The summed E-state index contributed by atoms with van der Waals surface area (Å²) >= 11 is 0. The summed E-state index contributed by atoms with van der Waals surface area (Å²) in [5.41, 5.74) is 0. The van der Waals surface area contributed by atoms with E-state index in [-0.39, 0.29) is 5.25 Å². The molecule has 0 bridgehead atoms. The molecule has 0 spiro atoms. The van der Waals surface area contributed by atoms with E-state index in [1.54, 1.807) is 0 Å². The van der Waals surface area contributed by atoms with Gasteiger partial charge in [0.2, 0.25) is 0 Å². The van der Waals surface area contributed by atoms with Crippen molar-refractivity contribution in [3.8, 4) is 0 Å². The Kier molecular flexibility index (Phi) is 4.59. The molecule has 0 aromatic rings. The molecule has 1 saturated carbocycles. The number of hydrogen-bond acceptors (Lipinski definition) is 3. The van der Waals surface area contributed by atoms with Crippen molar-refractivity contribution < 1.29 is 8.42 Å². The largest absolute Gasteiger partial charge is 0.311 e. The van der Waals surface area contributed by atoms with Gasteiger partial charge in [-0.3, -0.25) is 0 Å². The molecule has 3 atom stereocenters. The van der Waals surface area contributed by atoms with Crippen LogP contribution in [-0.2, 0) is 9.84 Å². The Labute approximate surface area is 93.6 Å². The number of hydrogen-bond donors (Lipinski definition) is 1. The number of nitrogens with one attached hydrogen (secondary N) is 1. The summed E-state index contributed by atoms with van der Waals surface area (Å²) in [5, 5.41) is 3.39. The first kappa shape index (κ1) is 13.0. The summed E-state index contributed by atoms with van der Waals surface area (Å²) < 4.78 is 22.9. The van der Waals surface area contributed by atoms with Gasteiger partial charge in [0.1, 0.15) is 9.84 Å². The molecule has 1 N–H and O–H groups in total. The van der Waals surface area contributed by atoms with Crippen molar-refractivity contribution in [2.75, 3.05) is 6.26 Å². The molecule has 90 valence electrons. The minimum atomic E-state index is -2.84. The monoisotopic (exact) mass is 233 g/mol. The molecule has 0 radical (unpaired) electrons. The lowest BCUT2D eigenvalue weighted by Crippen LogP contribution is -2.42. The summed E-state index contributed by atoms with van der Waals surface area (Å²) in [6.07, 6.45) is 6.26. The van der Waals surface area contributed by atoms with Crippen LogP contribution < -0.4 is 5.32 Å². The summed E-state index contributed by atoms with van der Waals surface area (Å²) in [4.78, 5) is 0. The van der Waals surface area contributed by atoms with Crippen LogP contribution in [0.1, 0.15) is 46.0 Å². The zero-order chi connectivity index (χ0) is 11.5. The van der Waals surface area contributed by atoms with Crippen LogP contribution in [0.4, 0.5) is 0 Å². The van der Waals surface area contributed by atoms with E-state index in [2.05, 4.69) is 19.2 Å². The van der Waals surface area contributed by atoms with Gasteiger partial charge in [-0.05, 0) is 32.6 Å². The van der Waals surface area contributed by atoms with E-state index < -0.39 is 9.84 Å². The van der Waals surface area contributed by atoms with Gasteiger partial charge >= 0.3 is 0 Å². The molecular formula is C11H23NO2S. The van der Waals surface area contributed by atoms with Crippen molar-refractivity contribution in [3.63, 3.8) is 0 Å². The average Bonchev–Trinajstić information content (AvgIpc) is 2.17. The molecule has 4 heteroatoms. The van der Waals surface area contributed by atoms with Crippen LogP contribution in [0.5, 0.6) is 0 Å². The molecule has 15 heavy (non-hydrogen) atoms. The summed E-state index contributed by atoms with van der Waals surface area (Å²) in [7, 11) is -2.84. The number of rotatable bonds is 4. The molecule has 1 rings (SSSR count). The van der Waals surface area contributed by atoms with Crippen LogP contribution in [0.3, 0.4) is 0 Å². The standard InChI is InChI=1S/C11H23NO2S/c1-4-9(2)12-10-6-5-7-11(8-10)15(3,13)14/h9-12H,4-8H2,1-3H3. The maximum atomic E-state index is 11.5. The van der Waals surface area contributed by atoms with Crippen LogP contribution in [0, 0.1) is 0 Å². The number of sulfone groups is 1. The molecule has 3 nitrogen and oxygen atoms in total. The molecule has 0 aliphatic heterocycles. The van der Waals surface area contributed by atoms with Crippen molar-refractivity contribution in [3.05, 3.63) is 0 Å². The van der Waals surface area contributed by atoms with Gasteiger partial charge in [-0.2, -0.15) is 0 Å². The van der Waals surface area contributed by atoms with Crippen LogP contribution >= 0.6 is 0 Å². The third kappa shape index (κ3) is 4.11. The van der Waals surface area contributed by atoms with E-state index in [9.17, 15) is 8.42 Å². The minimum Gasteiger partial charge on any atom is -0.311 e. The third-order valence-corrected chi connectivity index (χ3v) is 5.00. The highest BCUT2D eigenvalue weighted by Crippen LogP contribution is 2.24. The first-order valence-corrected chi connectivity index (χ1v) is 7.83. The Morgan fingerprint density at radius 1 is 1.40 bits per heavy atom. The van der Waals surface area contributed by atoms with E-state index >= 15 is 0 Å². The van der Waals surface area contributed by atoms with E-state index in [4.69, 9.17) is 0 Å². The minimum absolute atomic E-state index is 0.118. The van der Waals surface area contributed by atoms with Gasteiger partial charge in [0.15, 0.2) is 0 Å². The van der Waals surface area contributed by atoms with Gasteiger partial charge in [-0.25, -0.2) is 8.42 Å². The first-order valence-electron chi connectivity index (χ1n) is 5.88. The lowest BCUT2D eigenvalue weighted by Gasteiger charge is -2.30. The Morgan fingerprint density at radius 2 is 2.07 bits per heavy atom. The Balaban J connectivity index is 2.49. The highest BCUT2D eigenvalue weighted by molar-refractivity contribution is 7.91. The van der Waals surface area contributed by atoms with Crippen LogP contribution in [0.2, 0.25) is 0 Å². The Bertz CT molecular complexity index is 287. The van der Waals surface area contributed by atoms with Gasteiger partial charge in [-0.15, -0.1) is 0 Å². The molecule has 0 amide bonds. The van der Waals surface area contributed by atoms with Crippen LogP contribution in [0.25, 0.3) is 0 Å². The van der Waals surface area contributed by atoms with Crippen molar-refractivity contribution in [2.45, 2.75) is 63.3 Å². The molecule has 1 fully saturated rings. The molecule has 0 heterocycles. The van der Waals surface area contributed by atoms with E-state index in [0.717, 1.165) is 32.1 Å². The molecule has 1 aliphatic carbocycles. The van der Waals surface area contributed by atoms with E-state index in [1.807, 2.05) is 0 Å². The van der Waals surface area contributed by atoms with Gasteiger partial charge in [0.05, 0.1) is 5.25 Å². The molecular weight excluding hydrogens is 210 g/mol. The van der Waals surface area contributed by atoms with Gasteiger partial charge < -0.3 is 5.32 Å². The predicted octanol–water partition coefficient (Wildman–Crippen LogP) is 1.73. The zero-order valence-corrected chi connectivity index (χ0v) is 10.8. The second-order valence-electron chi connectivity index (χ2n) is 4.79. The quantitative estimate of drug-likeness (QED) is 0.804. The Hall–Kier alpha value is -0.0900. The summed E-state index contributed by atoms with van der Waals surface area (Å²) in [5.74, 6) is 0. The fourth-order valence-corrected chi connectivity index (χ4v) is 3.38. The molecule has 0 aromatic carbocycles. The highest BCUT2D eigenvalue weighted by Gasteiger charge is 2.28. The van der Waals surface area contributed by atoms with Crippen molar-refractivity contribution >= 4 is 9.84 Å². The zero-order valence-electron chi connectivity index (χ0n) is 9.99. The molecule has 1 aliphatic rings. The van der Waals surface area contributed by atoms with Gasteiger partial charge in [-0.1, -0.05) is 13.3 Å². The Morgan fingerprint density at radius 3 is 2.60 bits per heavy atom. The average molecular weight is 233 g/mol. The summed E-state index contributed by atoms with van der Waals surface area (Å²) in [6, 6.07) is 0.890. The lowest BCUT2D eigenvalue weighted by atomic mass is 9.94. The molecule has 0 saturated heterocycles. The second kappa shape index (κ2) is 5.30. The smallest absolute Gasteiger partial charge is 0.150 e. The second-order valence-corrected chi connectivity index (χ2v) is 7.12.